The topological polar surface area (TPSA) is 69.6 Å². The number of carboxylic acids is 1. The van der Waals surface area contributed by atoms with Crippen molar-refractivity contribution < 1.29 is 14.7 Å². The quantitative estimate of drug-likeness (QED) is 0.564. The molecule has 0 aromatic carbocycles. The van der Waals surface area contributed by atoms with Gasteiger partial charge in [-0.25, -0.2) is 5.43 Å². The van der Waals surface area contributed by atoms with E-state index in [1.54, 1.807) is 0 Å². The van der Waals surface area contributed by atoms with Crippen molar-refractivity contribution in [2.75, 3.05) is 6.54 Å². The maximum Gasteiger partial charge on any atom is 0.322 e. The summed E-state index contributed by atoms with van der Waals surface area (Å²) in [5.41, 5.74) is 2.64. The van der Waals surface area contributed by atoms with Crippen molar-refractivity contribution in [2.24, 2.45) is 0 Å². The average molecular weight is 172 g/mol. The molecule has 1 heterocycles. The van der Waals surface area contributed by atoms with Crippen LogP contribution in [0, 0.1) is 0 Å². The molecule has 2 N–H and O–H groups in total. The van der Waals surface area contributed by atoms with E-state index in [0.29, 0.717) is 13.0 Å². The van der Waals surface area contributed by atoms with Crippen molar-refractivity contribution in [3.8, 4) is 0 Å². The zero-order valence-corrected chi connectivity index (χ0v) is 6.91. The summed E-state index contributed by atoms with van der Waals surface area (Å²) in [5, 5.41) is 9.99. The molecule has 1 aliphatic rings. The summed E-state index contributed by atoms with van der Waals surface area (Å²) in [6.07, 6.45) is 1.32. The Hall–Kier alpha value is -1.10. The first-order valence-corrected chi connectivity index (χ1v) is 3.88. The standard InChI is InChI=1S/C7H12N2O3/c1-5(10)9-4-2-3-6(8-9)7(11)12/h6,8H,2-4H2,1H3,(H,11,12). The predicted octanol–water partition coefficient (Wildman–Crippen LogP) is -0.414. The van der Waals surface area contributed by atoms with Crippen LogP contribution in [0.15, 0.2) is 0 Å². The summed E-state index contributed by atoms with van der Waals surface area (Å²) in [7, 11) is 0. The summed E-state index contributed by atoms with van der Waals surface area (Å²) < 4.78 is 0. The molecule has 5 heteroatoms. The third-order valence-corrected chi connectivity index (χ3v) is 1.86. The van der Waals surface area contributed by atoms with Gasteiger partial charge in [-0.2, -0.15) is 0 Å². The molecule has 0 aromatic rings. The highest BCUT2D eigenvalue weighted by Gasteiger charge is 2.25. The Morgan fingerprint density at radius 3 is 2.75 bits per heavy atom. The lowest BCUT2D eigenvalue weighted by molar-refractivity contribution is -0.145. The first-order valence-electron chi connectivity index (χ1n) is 3.88. The van der Waals surface area contributed by atoms with Crippen LogP contribution in [-0.4, -0.2) is 34.6 Å². The Kier molecular flexibility index (Phi) is 2.65. The molecule has 68 valence electrons. The molecular weight excluding hydrogens is 160 g/mol. The Labute approximate surface area is 70.3 Å². The van der Waals surface area contributed by atoms with Gasteiger partial charge in [-0.15, -0.1) is 0 Å². The van der Waals surface area contributed by atoms with E-state index in [0.717, 1.165) is 6.42 Å². The molecule has 0 spiro atoms. The number of nitrogens with zero attached hydrogens (tertiary/aromatic N) is 1. The number of carbonyl (C=O) groups excluding carboxylic acids is 1. The first-order chi connectivity index (χ1) is 5.61. The number of rotatable bonds is 1. The molecule has 0 aromatic heterocycles. The second-order valence-corrected chi connectivity index (χ2v) is 2.83. The summed E-state index contributed by atoms with van der Waals surface area (Å²) >= 11 is 0. The molecule has 1 saturated heterocycles. The van der Waals surface area contributed by atoms with Crippen LogP contribution in [0.3, 0.4) is 0 Å². The van der Waals surface area contributed by atoms with Gasteiger partial charge in [-0.05, 0) is 12.8 Å². The van der Waals surface area contributed by atoms with Gasteiger partial charge in [0.2, 0.25) is 5.91 Å². The minimum Gasteiger partial charge on any atom is -0.480 e. The van der Waals surface area contributed by atoms with Crippen LogP contribution in [0.5, 0.6) is 0 Å². The zero-order valence-electron chi connectivity index (χ0n) is 6.91. The summed E-state index contributed by atoms with van der Waals surface area (Å²) in [5.74, 6) is -1.04. The molecule has 12 heavy (non-hydrogen) atoms. The van der Waals surface area contributed by atoms with Gasteiger partial charge in [0.15, 0.2) is 0 Å². The van der Waals surface area contributed by atoms with Crippen molar-refractivity contribution in [3.63, 3.8) is 0 Å². The molecule has 1 fully saturated rings. The van der Waals surface area contributed by atoms with Crippen LogP contribution in [0.4, 0.5) is 0 Å². The van der Waals surface area contributed by atoms with Crippen molar-refractivity contribution >= 4 is 11.9 Å². The fourth-order valence-corrected chi connectivity index (χ4v) is 1.20. The van der Waals surface area contributed by atoms with Gasteiger partial charge in [0.25, 0.3) is 0 Å². The summed E-state index contributed by atoms with van der Waals surface area (Å²) in [4.78, 5) is 21.4. The molecule has 0 bridgehead atoms. The largest absolute Gasteiger partial charge is 0.480 e. The van der Waals surface area contributed by atoms with Crippen LogP contribution in [0.25, 0.3) is 0 Å². The van der Waals surface area contributed by atoms with Crippen LogP contribution in [0.2, 0.25) is 0 Å². The van der Waals surface area contributed by atoms with E-state index in [1.165, 1.54) is 11.9 Å². The highest BCUT2D eigenvalue weighted by molar-refractivity contribution is 5.76. The second kappa shape index (κ2) is 3.53. The minimum absolute atomic E-state index is 0.138. The maximum atomic E-state index is 10.8. The molecule has 1 rings (SSSR count). The molecule has 1 atom stereocenters. The van der Waals surface area contributed by atoms with Crippen molar-refractivity contribution in [2.45, 2.75) is 25.8 Å². The third kappa shape index (κ3) is 1.94. The fraction of sp³-hybridized carbons (Fsp3) is 0.714. The Balaban J connectivity index is 2.51. The fourth-order valence-electron chi connectivity index (χ4n) is 1.20. The Morgan fingerprint density at radius 2 is 2.25 bits per heavy atom. The second-order valence-electron chi connectivity index (χ2n) is 2.83. The van der Waals surface area contributed by atoms with Crippen LogP contribution in [-0.2, 0) is 9.59 Å². The first kappa shape index (κ1) is 8.99. The van der Waals surface area contributed by atoms with Crippen LogP contribution in [0.1, 0.15) is 19.8 Å². The van der Waals surface area contributed by atoms with E-state index in [9.17, 15) is 9.59 Å². The van der Waals surface area contributed by atoms with Gasteiger partial charge >= 0.3 is 5.97 Å². The van der Waals surface area contributed by atoms with E-state index in [-0.39, 0.29) is 5.91 Å². The monoisotopic (exact) mass is 172 g/mol. The predicted molar refractivity (Wildman–Crippen MR) is 41.2 cm³/mol. The molecule has 1 unspecified atom stereocenters. The molecule has 0 aliphatic carbocycles. The summed E-state index contributed by atoms with van der Waals surface area (Å²) in [6, 6.07) is -0.609. The van der Waals surface area contributed by atoms with E-state index in [4.69, 9.17) is 5.11 Å². The van der Waals surface area contributed by atoms with Gasteiger partial charge in [-0.1, -0.05) is 0 Å². The number of carboxylic acid groups (broad SMARTS) is 1. The van der Waals surface area contributed by atoms with Gasteiger partial charge in [0.05, 0.1) is 0 Å². The number of hydrazine groups is 1. The number of nitrogens with one attached hydrogen (secondary N) is 1. The number of hydrogen-bond acceptors (Lipinski definition) is 3. The minimum atomic E-state index is -0.902. The van der Waals surface area contributed by atoms with E-state index < -0.39 is 12.0 Å². The Bertz CT molecular complexity index is 185. The van der Waals surface area contributed by atoms with Gasteiger partial charge in [-0.3, -0.25) is 14.6 Å². The highest BCUT2D eigenvalue weighted by atomic mass is 16.4. The van der Waals surface area contributed by atoms with Crippen molar-refractivity contribution in [1.82, 2.24) is 10.4 Å². The van der Waals surface area contributed by atoms with Crippen LogP contribution >= 0.6 is 0 Å². The normalized spacial score (nSPS) is 23.8. The van der Waals surface area contributed by atoms with Gasteiger partial charge < -0.3 is 5.11 Å². The average Bonchev–Trinajstić information content (AvgIpc) is 2.04. The lowest BCUT2D eigenvalue weighted by Gasteiger charge is -2.30. The maximum absolute atomic E-state index is 10.8. The number of amides is 1. The number of aliphatic carboxylic acids is 1. The van der Waals surface area contributed by atoms with Crippen molar-refractivity contribution in [3.05, 3.63) is 0 Å². The number of carbonyl (C=O) groups is 2. The third-order valence-electron chi connectivity index (χ3n) is 1.86. The molecular formula is C7H12N2O3. The molecule has 0 saturated carbocycles. The van der Waals surface area contributed by atoms with Gasteiger partial charge in [0, 0.05) is 13.5 Å². The Morgan fingerprint density at radius 1 is 1.58 bits per heavy atom. The lowest BCUT2D eigenvalue weighted by atomic mass is 10.1. The van der Waals surface area contributed by atoms with E-state index in [2.05, 4.69) is 5.43 Å². The molecule has 5 nitrogen and oxygen atoms in total. The SMILES string of the molecule is CC(=O)N1CCCC(C(=O)O)N1. The smallest absolute Gasteiger partial charge is 0.322 e. The lowest BCUT2D eigenvalue weighted by Crippen LogP contribution is -2.54. The highest BCUT2D eigenvalue weighted by Crippen LogP contribution is 2.06. The molecule has 1 amide bonds. The molecule has 1 aliphatic heterocycles. The van der Waals surface area contributed by atoms with E-state index in [1.807, 2.05) is 0 Å². The molecule has 0 radical (unpaired) electrons. The van der Waals surface area contributed by atoms with Gasteiger partial charge in [0.1, 0.15) is 6.04 Å². The summed E-state index contributed by atoms with van der Waals surface area (Å²) in [6.45, 7) is 2.01. The van der Waals surface area contributed by atoms with Crippen LogP contribution < -0.4 is 5.43 Å². The van der Waals surface area contributed by atoms with E-state index >= 15 is 0 Å². The van der Waals surface area contributed by atoms with Crippen molar-refractivity contribution in [1.29, 1.82) is 0 Å². The zero-order chi connectivity index (χ0) is 9.14. The number of hydrogen-bond donors (Lipinski definition) is 2.